The lowest BCUT2D eigenvalue weighted by molar-refractivity contribution is -0.670. The molecule has 9 heteroatoms. The van der Waals surface area contributed by atoms with Crippen molar-refractivity contribution in [2.75, 3.05) is 19.7 Å². The van der Waals surface area contributed by atoms with Crippen LogP contribution >= 0.6 is 34.8 Å². The van der Waals surface area contributed by atoms with Gasteiger partial charge in [-0.15, -0.1) is 0 Å². The van der Waals surface area contributed by atoms with E-state index in [1.54, 1.807) is 29.6 Å². The number of ether oxygens (including phenoxy) is 1. The molecule has 0 fully saturated rings. The first kappa shape index (κ1) is 22.3. The Morgan fingerprint density at radius 1 is 1.24 bits per heavy atom. The summed E-state index contributed by atoms with van der Waals surface area (Å²) in [5.74, 6) is 0.374. The quantitative estimate of drug-likeness (QED) is 0.424. The average Bonchev–Trinajstić information content (AvgIpc) is 2.94. The van der Waals surface area contributed by atoms with Crippen molar-refractivity contribution >= 4 is 40.8 Å². The standard InChI is InChI=1S/C16H19Cl3N3O2.HI/c1-3-4-21(16(23)22-6-5-20(2)11-22)7-8-24-15-13(18)9-12(17)10-14(15)19;/h5-6,9-11H,3-4,7-8H2,1-2H3;1H/q+1;/p-1. The predicted molar refractivity (Wildman–Crippen MR) is 95.2 cm³/mol. The van der Waals surface area contributed by atoms with Gasteiger partial charge in [-0.1, -0.05) is 41.7 Å². The van der Waals surface area contributed by atoms with Crippen LogP contribution in [0.4, 0.5) is 4.79 Å². The third-order valence-electron chi connectivity index (χ3n) is 3.32. The molecule has 0 N–H and O–H groups in total. The molecular weight excluding hydrogens is 499 g/mol. The van der Waals surface area contributed by atoms with E-state index in [1.165, 1.54) is 4.57 Å². The van der Waals surface area contributed by atoms with Crippen molar-refractivity contribution in [1.29, 1.82) is 0 Å². The molecule has 0 radical (unpaired) electrons. The van der Waals surface area contributed by atoms with Crippen molar-refractivity contribution in [3.8, 4) is 5.75 Å². The zero-order valence-corrected chi connectivity index (χ0v) is 18.3. The fourth-order valence-electron chi connectivity index (χ4n) is 2.22. The largest absolute Gasteiger partial charge is 1.00 e. The van der Waals surface area contributed by atoms with Gasteiger partial charge in [0.25, 0.3) is 6.33 Å². The maximum Gasteiger partial charge on any atom is 0.415 e. The molecule has 138 valence electrons. The minimum Gasteiger partial charge on any atom is -1.00 e. The normalized spacial score (nSPS) is 10.3. The van der Waals surface area contributed by atoms with Crippen molar-refractivity contribution in [2.24, 2.45) is 7.05 Å². The molecule has 2 aromatic rings. The second kappa shape index (κ2) is 10.4. The maximum absolute atomic E-state index is 12.5. The van der Waals surface area contributed by atoms with Crippen molar-refractivity contribution in [3.63, 3.8) is 0 Å². The van der Waals surface area contributed by atoms with Gasteiger partial charge in [-0.2, -0.15) is 4.57 Å². The predicted octanol–water partition coefficient (Wildman–Crippen LogP) is 1.04. The van der Waals surface area contributed by atoms with E-state index >= 15 is 0 Å². The summed E-state index contributed by atoms with van der Waals surface area (Å²) in [5, 5.41) is 1.14. The number of imidazole rings is 1. The topological polar surface area (TPSA) is 38.4 Å². The Morgan fingerprint density at radius 3 is 2.40 bits per heavy atom. The van der Waals surface area contributed by atoms with Crippen molar-refractivity contribution in [2.45, 2.75) is 13.3 Å². The zero-order chi connectivity index (χ0) is 17.7. The number of hydrogen-bond acceptors (Lipinski definition) is 2. The molecule has 5 nitrogen and oxygen atoms in total. The van der Waals surface area contributed by atoms with Crippen LogP contribution in [0.1, 0.15) is 13.3 Å². The molecule has 25 heavy (non-hydrogen) atoms. The Kier molecular flexibility index (Phi) is 9.34. The van der Waals surface area contributed by atoms with Crippen LogP contribution < -0.4 is 33.3 Å². The van der Waals surface area contributed by atoms with Crippen molar-refractivity contribution in [3.05, 3.63) is 45.9 Å². The van der Waals surface area contributed by atoms with E-state index < -0.39 is 0 Å². The summed E-state index contributed by atoms with van der Waals surface area (Å²) >= 11 is 18.1. The smallest absolute Gasteiger partial charge is 0.415 e. The van der Waals surface area contributed by atoms with Crippen molar-refractivity contribution in [1.82, 2.24) is 9.47 Å². The summed E-state index contributed by atoms with van der Waals surface area (Å²) in [6.07, 6.45) is 6.10. The SMILES string of the molecule is CCCN(CCOc1c(Cl)cc(Cl)cc1Cl)C(=O)n1cc[n+](C)c1.[I-]. The Morgan fingerprint density at radius 2 is 1.88 bits per heavy atom. The molecule has 0 saturated carbocycles. The van der Waals surface area contributed by atoms with E-state index in [-0.39, 0.29) is 36.6 Å². The van der Waals surface area contributed by atoms with Gasteiger partial charge >= 0.3 is 6.03 Å². The van der Waals surface area contributed by atoms with Crippen LogP contribution in [-0.4, -0.2) is 35.2 Å². The number of nitrogens with zero attached hydrogens (tertiary/aromatic N) is 3. The summed E-state index contributed by atoms with van der Waals surface area (Å²) in [4.78, 5) is 14.2. The third kappa shape index (κ3) is 6.20. The van der Waals surface area contributed by atoms with Gasteiger partial charge in [-0.05, 0) is 18.6 Å². The molecule has 0 spiro atoms. The van der Waals surface area contributed by atoms with Crippen LogP contribution in [0.25, 0.3) is 0 Å². The maximum atomic E-state index is 12.5. The number of benzene rings is 1. The van der Waals surface area contributed by atoms with Crippen LogP contribution in [0.2, 0.25) is 15.1 Å². The van der Waals surface area contributed by atoms with Crippen LogP contribution in [0.15, 0.2) is 30.9 Å². The highest BCUT2D eigenvalue weighted by molar-refractivity contribution is 6.40. The van der Waals surface area contributed by atoms with Crippen LogP contribution in [0.5, 0.6) is 5.75 Å². The molecule has 0 aliphatic carbocycles. The van der Waals surface area contributed by atoms with E-state index in [0.29, 0.717) is 33.9 Å². The van der Waals surface area contributed by atoms with E-state index in [0.717, 1.165) is 6.42 Å². The minimum absolute atomic E-state index is 0. The van der Waals surface area contributed by atoms with Crippen LogP contribution in [0.3, 0.4) is 0 Å². The number of rotatable bonds is 6. The van der Waals surface area contributed by atoms with Gasteiger partial charge in [-0.3, -0.25) is 0 Å². The van der Waals surface area contributed by atoms with Crippen molar-refractivity contribution < 1.29 is 38.1 Å². The second-order valence-corrected chi connectivity index (χ2v) is 6.55. The second-order valence-electron chi connectivity index (χ2n) is 5.30. The van der Waals surface area contributed by atoms with Gasteiger partial charge in [0.15, 0.2) is 5.75 Å². The van der Waals surface area contributed by atoms with Gasteiger partial charge in [0, 0.05) is 11.6 Å². The number of carbonyl (C=O) groups excluding carboxylic acids is 1. The summed E-state index contributed by atoms with van der Waals surface area (Å²) in [5.41, 5.74) is 0. The molecule has 0 unspecified atom stereocenters. The number of carbonyl (C=O) groups is 1. The van der Waals surface area contributed by atoms with Crippen LogP contribution in [-0.2, 0) is 7.05 Å². The Balaban J connectivity index is 0.00000312. The number of aryl methyl sites for hydroxylation is 1. The summed E-state index contributed by atoms with van der Waals surface area (Å²) in [7, 11) is 1.86. The highest BCUT2D eigenvalue weighted by Crippen LogP contribution is 2.35. The molecule has 0 bridgehead atoms. The van der Waals surface area contributed by atoms with E-state index in [2.05, 4.69) is 0 Å². The van der Waals surface area contributed by atoms with Gasteiger partial charge in [-0.25, -0.2) is 9.36 Å². The van der Waals surface area contributed by atoms with E-state index in [1.807, 2.05) is 24.7 Å². The fourth-order valence-corrected chi connectivity index (χ4v) is 3.15. The summed E-state index contributed by atoms with van der Waals surface area (Å²) < 4.78 is 9.01. The number of aromatic nitrogens is 2. The Hall–Kier alpha value is -0.700. The lowest BCUT2D eigenvalue weighted by atomic mass is 10.3. The third-order valence-corrected chi connectivity index (χ3v) is 4.10. The fraction of sp³-hybridized carbons (Fsp3) is 0.375. The number of amides is 1. The number of halogens is 4. The van der Waals surface area contributed by atoms with E-state index in [9.17, 15) is 4.79 Å². The number of hydrogen-bond donors (Lipinski definition) is 0. The Bertz CT molecular complexity index is 701. The molecule has 1 heterocycles. The monoisotopic (exact) mass is 517 g/mol. The molecule has 1 aromatic carbocycles. The lowest BCUT2D eigenvalue weighted by Crippen LogP contribution is -3.00. The first-order valence-electron chi connectivity index (χ1n) is 7.52. The first-order chi connectivity index (χ1) is 11.4. The van der Waals surface area contributed by atoms with Gasteiger partial charge in [0.2, 0.25) is 0 Å². The summed E-state index contributed by atoms with van der Waals surface area (Å²) in [6, 6.07) is 3.03. The molecule has 0 aliphatic rings. The Labute approximate surface area is 179 Å². The summed E-state index contributed by atoms with van der Waals surface area (Å²) in [6.45, 7) is 3.35. The molecule has 1 amide bonds. The molecular formula is C16H19Cl3IN3O2. The highest BCUT2D eigenvalue weighted by Gasteiger charge is 2.20. The average molecular weight is 519 g/mol. The highest BCUT2D eigenvalue weighted by atomic mass is 127. The van der Waals surface area contributed by atoms with Crippen LogP contribution in [0, 0.1) is 0 Å². The first-order valence-corrected chi connectivity index (χ1v) is 8.65. The molecule has 0 aliphatic heterocycles. The minimum atomic E-state index is -0.102. The van der Waals surface area contributed by atoms with Gasteiger partial charge in [0.1, 0.15) is 19.0 Å². The lowest BCUT2D eigenvalue weighted by Gasteiger charge is -2.20. The molecule has 2 rings (SSSR count). The zero-order valence-electron chi connectivity index (χ0n) is 13.9. The van der Waals surface area contributed by atoms with E-state index in [4.69, 9.17) is 39.5 Å². The molecule has 0 saturated heterocycles. The molecule has 1 aromatic heterocycles. The van der Waals surface area contributed by atoms with Gasteiger partial charge in [0.05, 0.1) is 23.6 Å². The van der Waals surface area contributed by atoms with Gasteiger partial charge < -0.3 is 33.6 Å². The molecule has 0 atom stereocenters.